The molecular weight excluding hydrogens is 216 g/mol. The van der Waals surface area contributed by atoms with E-state index >= 15 is 0 Å². The van der Waals surface area contributed by atoms with Crippen molar-refractivity contribution < 1.29 is 5.21 Å². The lowest BCUT2D eigenvalue weighted by molar-refractivity contribution is 0.322. The quantitative estimate of drug-likeness (QED) is 0.347. The predicted molar refractivity (Wildman–Crippen MR) is 57.6 cm³/mol. The van der Waals surface area contributed by atoms with Crippen LogP contribution in [-0.4, -0.2) is 26.0 Å². The SMILES string of the molecule is Cc1c(C=NO)c2c(Cl)ncnc2n1C. The molecule has 5 nitrogen and oxygen atoms in total. The fourth-order valence-electron chi connectivity index (χ4n) is 1.58. The van der Waals surface area contributed by atoms with E-state index in [1.165, 1.54) is 12.5 Å². The molecule has 0 unspecified atom stereocenters. The molecule has 0 radical (unpaired) electrons. The summed E-state index contributed by atoms with van der Waals surface area (Å²) in [5.74, 6) is 0. The summed E-state index contributed by atoms with van der Waals surface area (Å²) in [6, 6.07) is 0. The Balaban J connectivity index is 2.95. The van der Waals surface area contributed by atoms with Gasteiger partial charge < -0.3 is 9.77 Å². The highest BCUT2D eigenvalue weighted by Gasteiger charge is 2.14. The average molecular weight is 225 g/mol. The third kappa shape index (κ3) is 1.35. The van der Waals surface area contributed by atoms with Crippen molar-refractivity contribution in [3.05, 3.63) is 22.7 Å². The van der Waals surface area contributed by atoms with Gasteiger partial charge in [-0.2, -0.15) is 0 Å². The minimum atomic E-state index is 0.360. The molecule has 0 aliphatic heterocycles. The molecule has 0 aliphatic carbocycles. The largest absolute Gasteiger partial charge is 0.411 e. The smallest absolute Gasteiger partial charge is 0.145 e. The van der Waals surface area contributed by atoms with Crippen LogP contribution in [0.3, 0.4) is 0 Å². The molecule has 0 saturated heterocycles. The molecule has 1 N–H and O–H groups in total. The summed E-state index contributed by atoms with van der Waals surface area (Å²) in [4.78, 5) is 8.03. The summed E-state index contributed by atoms with van der Waals surface area (Å²) in [5.41, 5.74) is 2.38. The second kappa shape index (κ2) is 3.51. The van der Waals surface area contributed by atoms with E-state index in [-0.39, 0.29) is 0 Å². The molecule has 2 heterocycles. The number of aromatic nitrogens is 3. The summed E-state index contributed by atoms with van der Waals surface area (Å²) in [6.45, 7) is 1.90. The van der Waals surface area contributed by atoms with Gasteiger partial charge in [-0.15, -0.1) is 0 Å². The Labute approximate surface area is 91.0 Å². The second-order valence-corrected chi connectivity index (χ2v) is 3.52. The molecule has 78 valence electrons. The number of oxime groups is 1. The summed E-state index contributed by atoms with van der Waals surface area (Å²) in [6.07, 6.45) is 2.75. The Hall–Kier alpha value is -1.62. The van der Waals surface area contributed by atoms with E-state index < -0.39 is 0 Å². The maximum Gasteiger partial charge on any atom is 0.145 e. The topological polar surface area (TPSA) is 63.3 Å². The van der Waals surface area contributed by atoms with Gasteiger partial charge in [-0.05, 0) is 6.92 Å². The van der Waals surface area contributed by atoms with Crippen molar-refractivity contribution in [3.8, 4) is 0 Å². The first-order valence-electron chi connectivity index (χ1n) is 4.29. The molecule has 0 amide bonds. The highest BCUT2D eigenvalue weighted by atomic mass is 35.5. The van der Waals surface area contributed by atoms with Gasteiger partial charge in [0.1, 0.15) is 17.1 Å². The highest BCUT2D eigenvalue weighted by molar-refractivity contribution is 6.35. The molecule has 2 aromatic heterocycles. The van der Waals surface area contributed by atoms with Gasteiger partial charge in [-0.1, -0.05) is 16.8 Å². The van der Waals surface area contributed by atoms with Crippen molar-refractivity contribution in [3.63, 3.8) is 0 Å². The van der Waals surface area contributed by atoms with Crippen LogP contribution in [0.25, 0.3) is 11.0 Å². The molecule has 0 saturated carbocycles. The lowest BCUT2D eigenvalue weighted by Crippen LogP contribution is -1.93. The van der Waals surface area contributed by atoms with Gasteiger partial charge in [0.2, 0.25) is 0 Å². The average Bonchev–Trinajstić information content (AvgIpc) is 2.46. The Bertz CT molecular complexity index is 547. The van der Waals surface area contributed by atoms with E-state index in [1.807, 2.05) is 18.5 Å². The lowest BCUT2D eigenvalue weighted by atomic mass is 10.2. The van der Waals surface area contributed by atoms with Crippen LogP contribution in [0.5, 0.6) is 0 Å². The number of halogens is 1. The summed E-state index contributed by atoms with van der Waals surface area (Å²) >= 11 is 5.98. The van der Waals surface area contributed by atoms with Crippen LogP contribution in [0.15, 0.2) is 11.5 Å². The minimum absolute atomic E-state index is 0.360. The van der Waals surface area contributed by atoms with Crippen molar-refractivity contribution in [1.29, 1.82) is 0 Å². The maximum absolute atomic E-state index is 8.58. The molecule has 0 spiro atoms. The number of hydrogen-bond acceptors (Lipinski definition) is 4. The molecule has 2 aromatic rings. The zero-order valence-corrected chi connectivity index (χ0v) is 9.02. The van der Waals surface area contributed by atoms with Gasteiger partial charge in [0.25, 0.3) is 0 Å². The van der Waals surface area contributed by atoms with E-state index in [4.69, 9.17) is 16.8 Å². The molecule has 15 heavy (non-hydrogen) atoms. The zero-order chi connectivity index (χ0) is 11.0. The van der Waals surface area contributed by atoms with Gasteiger partial charge >= 0.3 is 0 Å². The van der Waals surface area contributed by atoms with Crippen LogP contribution < -0.4 is 0 Å². The van der Waals surface area contributed by atoms with Crippen molar-refractivity contribution in [1.82, 2.24) is 14.5 Å². The molecule has 6 heteroatoms. The molecule has 0 fully saturated rings. The second-order valence-electron chi connectivity index (χ2n) is 3.17. The zero-order valence-electron chi connectivity index (χ0n) is 8.27. The number of hydrogen-bond donors (Lipinski definition) is 1. The van der Waals surface area contributed by atoms with Gasteiger partial charge in [-0.25, -0.2) is 9.97 Å². The number of fused-ring (bicyclic) bond motifs is 1. The Kier molecular flexibility index (Phi) is 2.32. The van der Waals surface area contributed by atoms with Gasteiger partial charge in [0.15, 0.2) is 0 Å². The van der Waals surface area contributed by atoms with Crippen LogP contribution in [0.4, 0.5) is 0 Å². The monoisotopic (exact) mass is 224 g/mol. The van der Waals surface area contributed by atoms with Crippen molar-refractivity contribution in [2.24, 2.45) is 12.2 Å². The third-order valence-electron chi connectivity index (χ3n) is 2.45. The van der Waals surface area contributed by atoms with E-state index in [2.05, 4.69) is 15.1 Å². The number of rotatable bonds is 1. The van der Waals surface area contributed by atoms with Crippen molar-refractivity contribution in [2.45, 2.75) is 6.92 Å². The first-order valence-corrected chi connectivity index (χ1v) is 4.67. The van der Waals surface area contributed by atoms with Crippen molar-refractivity contribution >= 4 is 28.8 Å². The normalized spacial score (nSPS) is 11.7. The Morgan fingerprint density at radius 2 is 2.27 bits per heavy atom. The molecule has 0 aromatic carbocycles. The highest BCUT2D eigenvalue weighted by Crippen LogP contribution is 2.26. The fraction of sp³-hybridized carbons (Fsp3) is 0.222. The van der Waals surface area contributed by atoms with Crippen molar-refractivity contribution in [2.75, 3.05) is 0 Å². The molecular formula is C9H9ClN4O. The Morgan fingerprint density at radius 1 is 1.53 bits per heavy atom. The number of aryl methyl sites for hydroxylation is 1. The van der Waals surface area contributed by atoms with E-state index in [9.17, 15) is 0 Å². The van der Waals surface area contributed by atoms with Crippen LogP contribution in [0.1, 0.15) is 11.3 Å². The molecule has 0 aliphatic rings. The Morgan fingerprint density at radius 3 is 2.93 bits per heavy atom. The van der Waals surface area contributed by atoms with Gasteiger partial charge in [0, 0.05) is 18.3 Å². The summed E-state index contributed by atoms with van der Waals surface area (Å²) in [7, 11) is 1.87. The predicted octanol–water partition coefficient (Wildman–Crippen LogP) is 1.74. The first-order chi connectivity index (χ1) is 7.16. The lowest BCUT2D eigenvalue weighted by Gasteiger charge is -1.96. The molecule has 0 bridgehead atoms. The van der Waals surface area contributed by atoms with Gasteiger partial charge in [0.05, 0.1) is 11.6 Å². The van der Waals surface area contributed by atoms with Crippen LogP contribution >= 0.6 is 11.6 Å². The van der Waals surface area contributed by atoms with Crippen LogP contribution in [0.2, 0.25) is 5.15 Å². The minimum Gasteiger partial charge on any atom is -0.411 e. The summed E-state index contributed by atoms with van der Waals surface area (Å²) in [5, 5.41) is 12.7. The first kappa shape index (κ1) is 9.92. The van der Waals surface area contributed by atoms with Crippen LogP contribution in [0, 0.1) is 6.92 Å². The number of nitrogens with zero attached hydrogens (tertiary/aromatic N) is 4. The van der Waals surface area contributed by atoms with E-state index in [1.54, 1.807) is 0 Å². The summed E-state index contributed by atoms with van der Waals surface area (Å²) < 4.78 is 1.87. The van der Waals surface area contributed by atoms with E-state index in [0.29, 0.717) is 10.5 Å². The van der Waals surface area contributed by atoms with Crippen LogP contribution in [-0.2, 0) is 7.05 Å². The van der Waals surface area contributed by atoms with Gasteiger partial charge in [-0.3, -0.25) is 0 Å². The fourth-order valence-corrected chi connectivity index (χ4v) is 1.81. The molecule has 0 atom stereocenters. The third-order valence-corrected chi connectivity index (χ3v) is 2.73. The van der Waals surface area contributed by atoms with E-state index in [0.717, 1.165) is 16.9 Å². The molecule has 2 rings (SSSR count). The standard InChI is InChI=1S/C9H9ClN4O/c1-5-6(3-13-15)7-8(10)11-4-12-9(7)14(5)2/h3-4,15H,1-2H3. The maximum atomic E-state index is 8.58.